The minimum absolute atomic E-state index is 0.0762. The Labute approximate surface area is 121 Å². The molecule has 3 aromatic rings. The van der Waals surface area contributed by atoms with Gasteiger partial charge in [-0.1, -0.05) is 12.1 Å². The molecule has 0 atom stereocenters. The summed E-state index contributed by atoms with van der Waals surface area (Å²) in [6.07, 6.45) is 5.20. The molecule has 0 saturated carbocycles. The van der Waals surface area contributed by atoms with Crippen LogP contribution < -0.4 is 5.14 Å². The maximum Gasteiger partial charge on any atom is 0.238 e. The van der Waals surface area contributed by atoms with Crippen LogP contribution in [-0.4, -0.2) is 23.6 Å². The maximum atomic E-state index is 11.3. The lowest BCUT2D eigenvalue weighted by atomic mass is 10.0. The van der Waals surface area contributed by atoms with Crippen LogP contribution in [0.3, 0.4) is 0 Å². The van der Waals surface area contributed by atoms with E-state index in [0.717, 1.165) is 22.4 Å². The molecule has 2 aromatic heterocycles. The molecule has 0 bridgehead atoms. The number of rotatable bonds is 3. The molecule has 3 rings (SSSR count). The van der Waals surface area contributed by atoms with Crippen LogP contribution in [-0.2, 0) is 10.0 Å². The van der Waals surface area contributed by atoms with Gasteiger partial charge in [0.2, 0.25) is 10.0 Å². The first kappa shape index (κ1) is 13.5. The number of benzene rings is 1. The van der Waals surface area contributed by atoms with Gasteiger partial charge in [0.05, 0.1) is 10.6 Å². The van der Waals surface area contributed by atoms with Crippen LogP contribution in [0.25, 0.3) is 22.4 Å². The lowest BCUT2D eigenvalue weighted by Gasteiger charge is -2.04. The normalized spacial score (nSPS) is 11.5. The van der Waals surface area contributed by atoms with E-state index in [-0.39, 0.29) is 4.90 Å². The van der Waals surface area contributed by atoms with E-state index in [1.54, 1.807) is 30.7 Å². The highest BCUT2D eigenvalue weighted by molar-refractivity contribution is 7.89. The van der Waals surface area contributed by atoms with Gasteiger partial charge < -0.3 is 0 Å². The van der Waals surface area contributed by atoms with E-state index in [1.807, 2.05) is 12.1 Å². The fourth-order valence-electron chi connectivity index (χ4n) is 2.06. The number of aromatic nitrogens is 3. The Morgan fingerprint density at radius 1 is 0.952 bits per heavy atom. The van der Waals surface area contributed by atoms with Gasteiger partial charge in [-0.25, -0.2) is 13.6 Å². The summed E-state index contributed by atoms with van der Waals surface area (Å²) >= 11 is 0. The highest BCUT2D eigenvalue weighted by Gasteiger charge is 2.12. The number of H-pyrrole nitrogens is 1. The summed E-state index contributed by atoms with van der Waals surface area (Å²) in [6.45, 7) is 0. The zero-order chi connectivity index (χ0) is 14.9. The average Bonchev–Trinajstić information content (AvgIpc) is 2.97. The first-order valence-corrected chi connectivity index (χ1v) is 7.68. The Kier molecular flexibility index (Phi) is 3.28. The predicted octanol–water partition coefficient (Wildman–Crippen LogP) is 1.79. The number of hydrogen-bond donors (Lipinski definition) is 2. The van der Waals surface area contributed by atoms with Crippen molar-refractivity contribution in [2.45, 2.75) is 4.90 Å². The highest BCUT2D eigenvalue weighted by Crippen LogP contribution is 2.29. The first-order valence-electron chi connectivity index (χ1n) is 6.13. The van der Waals surface area contributed by atoms with E-state index < -0.39 is 10.0 Å². The molecule has 0 aliphatic heterocycles. The third kappa shape index (κ3) is 2.69. The van der Waals surface area contributed by atoms with Crippen LogP contribution in [0.1, 0.15) is 0 Å². The summed E-state index contributed by atoms with van der Waals surface area (Å²) in [6, 6.07) is 10.1. The molecule has 21 heavy (non-hydrogen) atoms. The zero-order valence-corrected chi connectivity index (χ0v) is 11.7. The topological polar surface area (TPSA) is 102 Å². The van der Waals surface area contributed by atoms with Gasteiger partial charge in [0.1, 0.15) is 0 Å². The van der Waals surface area contributed by atoms with Gasteiger partial charge >= 0.3 is 0 Å². The molecular weight excluding hydrogens is 288 g/mol. The molecule has 0 unspecified atom stereocenters. The monoisotopic (exact) mass is 300 g/mol. The second-order valence-corrected chi connectivity index (χ2v) is 6.01. The molecule has 106 valence electrons. The van der Waals surface area contributed by atoms with Gasteiger partial charge in [0, 0.05) is 29.7 Å². The summed E-state index contributed by atoms with van der Waals surface area (Å²) < 4.78 is 22.5. The minimum atomic E-state index is -3.69. The van der Waals surface area contributed by atoms with Crippen molar-refractivity contribution in [3.63, 3.8) is 0 Å². The second kappa shape index (κ2) is 5.12. The van der Waals surface area contributed by atoms with Gasteiger partial charge in [0.25, 0.3) is 0 Å². The standard InChI is InChI=1S/C14H12N4O2S/c15-21(19,20)12-3-1-11(2-4-12)14-13(9-17-18-14)10-5-7-16-8-6-10/h1-9H,(H,17,18)(H2,15,19,20). The smallest absolute Gasteiger partial charge is 0.238 e. The molecule has 7 heteroatoms. The SMILES string of the molecule is NS(=O)(=O)c1ccc(-c2n[nH]cc2-c2ccncc2)cc1. The van der Waals surface area contributed by atoms with E-state index in [2.05, 4.69) is 15.2 Å². The van der Waals surface area contributed by atoms with E-state index in [1.165, 1.54) is 12.1 Å². The molecule has 2 heterocycles. The van der Waals surface area contributed by atoms with Crippen LogP contribution in [0.2, 0.25) is 0 Å². The van der Waals surface area contributed by atoms with Crippen molar-refractivity contribution < 1.29 is 8.42 Å². The number of nitrogens with two attached hydrogens (primary N) is 1. The summed E-state index contributed by atoms with van der Waals surface area (Å²) in [7, 11) is -3.69. The van der Waals surface area contributed by atoms with Crippen molar-refractivity contribution in [3.8, 4) is 22.4 Å². The van der Waals surface area contributed by atoms with E-state index in [9.17, 15) is 8.42 Å². The van der Waals surface area contributed by atoms with Gasteiger partial charge in [-0.15, -0.1) is 0 Å². The Morgan fingerprint density at radius 2 is 1.62 bits per heavy atom. The van der Waals surface area contributed by atoms with Gasteiger partial charge in [-0.3, -0.25) is 10.1 Å². The Hall–Kier alpha value is -2.51. The van der Waals surface area contributed by atoms with Crippen molar-refractivity contribution in [3.05, 3.63) is 55.0 Å². The summed E-state index contributed by atoms with van der Waals surface area (Å²) in [5.74, 6) is 0. The lowest BCUT2D eigenvalue weighted by molar-refractivity contribution is 0.598. The lowest BCUT2D eigenvalue weighted by Crippen LogP contribution is -2.11. The van der Waals surface area contributed by atoms with Crippen molar-refractivity contribution in [2.24, 2.45) is 5.14 Å². The van der Waals surface area contributed by atoms with Crippen LogP contribution in [0.5, 0.6) is 0 Å². The minimum Gasteiger partial charge on any atom is -0.284 e. The molecule has 6 nitrogen and oxygen atoms in total. The van der Waals surface area contributed by atoms with Crippen molar-refractivity contribution in [2.75, 3.05) is 0 Å². The Morgan fingerprint density at radius 3 is 2.24 bits per heavy atom. The predicted molar refractivity (Wildman–Crippen MR) is 78.6 cm³/mol. The second-order valence-electron chi connectivity index (χ2n) is 4.45. The number of aromatic amines is 1. The Bertz CT molecular complexity index is 856. The zero-order valence-electron chi connectivity index (χ0n) is 10.9. The summed E-state index contributed by atoms with van der Waals surface area (Å²) in [5, 5.41) is 12.1. The highest BCUT2D eigenvalue weighted by atomic mass is 32.2. The average molecular weight is 300 g/mol. The van der Waals surface area contributed by atoms with Gasteiger partial charge in [-0.05, 0) is 29.8 Å². The molecule has 0 aliphatic rings. The van der Waals surface area contributed by atoms with E-state index in [4.69, 9.17) is 5.14 Å². The molecule has 0 fully saturated rings. The third-order valence-electron chi connectivity index (χ3n) is 3.09. The fraction of sp³-hybridized carbons (Fsp3) is 0. The molecule has 0 amide bonds. The van der Waals surface area contributed by atoms with Crippen LogP contribution in [0.15, 0.2) is 59.9 Å². The summed E-state index contributed by atoms with van der Waals surface area (Å²) in [5.41, 5.74) is 3.43. The van der Waals surface area contributed by atoms with Crippen molar-refractivity contribution in [1.82, 2.24) is 15.2 Å². The number of pyridine rings is 1. The van der Waals surface area contributed by atoms with Gasteiger partial charge in [-0.2, -0.15) is 5.10 Å². The summed E-state index contributed by atoms with van der Waals surface area (Å²) in [4.78, 5) is 4.06. The molecule has 3 N–H and O–H groups in total. The molecule has 0 radical (unpaired) electrons. The largest absolute Gasteiger partial charge is 0.284 e. The fourth-order valence-corrected chi connectivity index (χ4v) is 2.58. The van der Waals surface area contributed by atoms with Crippen molar-refractivity contribution in [1.29, 1.82) is 0 Å². The number of nitrogens with zero attached hydrogens (tertiary/aromatic N) is 2. The molecule has 0 spiro atoms. The maximum absolute atomic E-state index is 11.3. The first-order chi connectivity index (χ1) is 10.1. The number of sulfonamides is 1. The number of hydrogen-bond acceptors (Lipinski definition) is 4. The molecule has 0 saturated heterocycles. The number of nitrogens with one attached hydrogen (secondary N) is 1. The molecular formula is C14H12N4O2S. The van der Waals surface area contributed by atoms with E-state index in [0.29, 0.717) is 0 Å². The third-order valence-corrected chi connectivity index (χ3v) is 4.02. The van der Waals surface area contributed by atoms with Crippen LogP contribution in [0, 0.1) is 0 Å². The van der Waals surface area contributed by atoms with E-state index >= 15 is 0 Å². The molecule has 1 aromatic carbocycles. The van der Waals surface area contributed by atoms with Crippen molar-refractivity contribution >= 4 is 10.0 Å². The number of primary sulfonamides is 1. The van der Waals surface area contributed by atoms with Crippen LogP contribution in [0.4, 0.5) is 0 Å². The molecule has 0 aliphatic carbocycles. The van der Waals surface area contributed by atoms with Crippen LogP contribution >= 0.6 is 0 Å². The Balaban J connectivity index is 2.05. The quantitative estimate of drug-likeness (QED) is 0.769. The van der Waals surface area contributed by atoms with Gasteiger partial charge in [0.15, 0.2) is 0 Å².